The zero-order valence-electron chi connectivity index (χ0n) is 15.2. The van der Waals surface area contributed by atoms with Crippen LogP contribution in [0.25, 0.3) is 21.0 Å². The lowest BCUT2D eigenvalue weighted by Crippen LogP contribution is -2.33. The van der Waals surface area contributed by atoms with Crippen LogP contribution >= 0.6 is 11.3 Å². The van der Waals surface area contributed by atoms with Crippen molar-refractivity contribution < 1.29 is 4.79 Å². The summed E-state index contributed by atoms with van der Waals surface area (Å²) < 4.78 is 2.30. The Labute approximate surface area is 159 Å². The van der Waals surface area contributed by atoms with Crippen LogP contribution in [0, 0.1) is 0 Å². The molecule has 1 atom stereocenters. The molecule has 0 saturated carbocycles. The number of fused-ring (bicyclic) bond motifs is 2. The Morgan fingerprint density at radius 2 is 1.78 bits per heavy atom. The van der Waals surface area contributed by atoms with Gasteiger partial charge in [-0.2, -0.15) is 5.10 Å². The number of carbonyl (C=O) groups is 1. The quantitative estimate of drug-likeness (QED) is 0.548. The highest BCUT2D eigenvalue weighted by molar-refractivity contribution is 7.18. The molecule has 6 nitrogen and oxygen atoms in total. The maximum atomic E-state index is 13.2. The molecule has 0 aliphatic rings. The lowest BCUT2D eigenvalue weighted by molar-refractivity contribution is 0.0736. The maximum absolute atomic E-state index is 13.2. The number of carbonyl (C=O) groups excluding carboxylic acids is 1. The SMILES string of the molecule is C[C@H](c1nc2ccccc2s1)N(C)C(=O)c1nn(C)c(=O)c2ccccc12. The van der Waals surface area contributed by atoms with E-state index in [-0.39, 0.29) is 23.2 Å². The van der Waals surface area contributed by atoms with E-state index < -0.39 is 0 Å². The molecule has 0 aliphatic carbocycles. The second kappa shape index (κ2) is 6.59. The maximum Gasteiger partial charge on any atom is 0.275 e. The van der Waals surface area contributed by atoms with E-state index in [0.29, 0.717) is 10.8 Å². The minimum absolute atomic E-state index is 0.215. The van der Waals surface area contributed by atoms with Crippen molar-refractivity contribution >= 4 is 38.2 Å². The van der Waals surface area contributed by atoms with Gasteiger partial charge in [0, 0.05) is 19.5 Å². The molecule has 1 amide bonds. The number of aromatic nitrogens is 3. The molecular formula is C20H18N4O2S. The number of para-hydroxylation sites is 1. The first-order valence-corrected chi connectivity index (χ1v) is 9.37. The number of hydrogen-bond acceptors (Lipinski definition) is 5. The van der Waals surface area contributed by atoms with Gasteiger partial charge in [0.2, 0.25) is 0 Å². The largest absolute Gasteiger partial charge is 0.331 e. The van der Waals surface area contributed by atoms with E-state index in [0.717, 1.165) is 15.2 Å². The highest BCUT2D eigenvalue weighted by atomic mass is 32.1. The molecule has 0 saturated heterocycles. The van der Waals surface area contributed by atoms with Crippen molar-refractivity contribution in [2.75, 3.05) is 7.05 Å². The van der Waals surface area contributed by atoms with Crippen molar-refractivity contribution in [2.24, 2.45) is 7.05 Å². The lowest BCUT2D eigenvalue weighted by Gasteiger charge is -2.23. The number of hydrogen-bond donors (Lipinski definition) is 0. The molecule has 0 unspecified atom stereocenters. The Morgan fingerprint density at radius 1 is 1.11 bits per heavy atom. The molecule has 4 aromatic rings. The van der Waals surface area contributed by atoms with Crippen LogP contribution in [-0.2, 0) is 7.05 Å². The summed E-state index contributed by atoms with van der Waals surface area (Å²) >= 11 is 1.57. The predicted molar refractivity (Wildman–Crippen MR) is 107 cm³/mol. The van der Waals surface area contributed by atoms with Gasteiger partial charge < -0.3 is 4.90 Å². The Kier molecular flexibility index (Phi) is 4.24. The lowest BCUT2D eigenvalue weighted by atomic mass is 10.1. The predicted octanol–water partition coefficient (Wildman–Crippen LogP) is 3.38. The van der Waals surface area contributed by atoms with Crippen LogP contribution in [0.4, 0.5) is 0 Å². The minimum atomic E-state index is -0.242. The van der Waals surface area contributed by atoms with Crippen LogP contribution in [-0.4, -0.2) is 32.6 Å². The van der Waals surface area contributed by atoms with Gasteiger partial charge in [-0.15, -0.1) is 11.3 Å². The fourth-order valence-electron chi connectivity index (χ4n) is 3.03. The molecule has 0 fully saturated rings. The van der Waals surface area contributed by atoms with Crippen molar-refractivity contribution in [1.29, 1.82) is 0 Å². The first-order chi connectivity index (χ1) is 13.0. The molecule has 0 aliphatic heterocycles. The zero-order chi connectivity index (χ0) is 19.1. The fraction of sp³-hybridized carbons (Fsp3) is 0.200. The molecule has 2 aromatic heterocycles. The molecule has 0 radical (unpaired) electrons. The summed E-state index contributed by atoms with van der Waals surface area (Å²) in [6, 6.07) is 14.8. The van der Waals surface area contributed by atoms with Gasteiger partial charge in [-0.25, -0.2) is 9.67 Å². The Morgan fingerprint density at radius 3 is 2.52 bits per heavy atom. The molecule has 2 aromatic carbocycles. The van der Waals surface area contributed by atoms with Crippen molar-refractivity contribution in [3.05, 3.63) is 69.6 Å². The molecule has 136 valence electrons. The van der Waals surface area contributed by atoms with Crippen LogP contribution < -0.4 is 5.56 Å². The second-order valence-electron chi connectivity index (χ2n) is 6.43. The molecule has 0 N–H and O–H groups in total. The van der Waals surface area contributed by atoms with Gasteiger partial charge in [-0.05, 0) is 25.1 Å². The summed E-state index contributed by atoms with van der Waals surface area (Å²) in [5.74, 6) is -0.242. The Balaban J connectivity index is 1.75. The second-order valence-corrected chi connectivity index (χ2v) is 7.50. The van der Waals surface area contributed by atoms with E-state index in [1.165, 1.54) is 4.68 Å². The highest BCUT2D eigenvalue weighted by Crippen LogP contribution is 2.29. The summed E-state index contributed by atoms with van der Waals surface area (Å²) in [6.45, 7) is 1.94. The van der Waals surface area contributed by atoms with E-state index in [1.54, 1.807) is 54.6 Å². The fourth-order valence-corrected chi connectivity index (χ4v) is 4.10. The first-order valence-electron chi connectivity index (χ1n) is 8.56. The first kappa shape index (κ1) is 17.4. The van der Waals surface area contributed by atoms with Crippen molar-refractivity contribution in [3.63, 3.8) is 0 Å². The Bertz CT molecular complexity index is 1190. The number of benzene rings is 2. The van der Waals surface area contributed by atoms with Crippen molar-refractivity contribution in [3.8, 4) is 0 Å². The van der Waals surface area contributed by atoms with Crippen LogP contribution in [0.3, 0.4) is 0 Å². The number of aryl methyl sites for hydroxylation is 1. The van der Waals surface area contributed by atoms with Crippen molar-refractivity contribution in [2.45, 2.75) is 13.0 Å². The van der Waals surface area contributed by atoms with Gasteiger partial charge in [-0.3, -0.25) is 9.59 Å². The third-order valence-corrected chi connectivity index (χ3v) is 5.93. The van der Waals surface area contributed by atoms with E-state index >= 15 is 0 Å². The van der Waals surface area contributed by atoms with Gasteiger partial charge in [-0.1, -0.05) is 30.3 Å². The smallest absolute Gasteiger partial charge is 0.275 e. The number of nitrogens with zero attached hydrogens (tertiary/aromatic N) is 4. The third kappa shape index (κ3) is 2.90. The molecule has 2 heterocycles. The standard InChI is InChI=1S/C20H18N4O2S/c1-12(18-21-15-10-6-7-11-16(15)27-18)23(2)20(26)17-13-8-4-5-9-14(13)19(25)24(3)22-17/h4-12H,1-3H3/t12-/m1/s1. The average Bonchev–Trinajstić information content (AvgIpc) is 3.13. The molecule has 0 spiro atoms. The molecule has 7 heteroatoms. The average molecular weight is 378 g/mol. The van der Waals surface area contributed by atoms with Crippen LogP contribution in [0.15, 0.2) is 53.3 Å². The molecule has 27 heavy (non-hydrogen) atoms. The van der Waals surface area contributed by atoms with Crippen LogP contribution in [0.2, 0.25) is 0 Å². The third-order valence-electron chi connectivity index (χ3n) is 4.73. The molecular weight excluding hydrogens is 360 g/mol. The summed E-state index contributed by atoms with van der Waals surface area (Å²) in [5, 5.41) is 6.15. The summed E-state index contributed by atoms with van der Waals surface area (Å²) in [5.41, 5.74) is 0.975. The monoisotopic (exact) mass is 378 g/mol. The number of amides is 1. The van der Waals surface area contributed by atoms with Gasteiger partial charge in [0.05, 0.1) is 21.6 Å². The van der Waals surface area contributed by atoms with Gasteiger partial charge >= 0.3 is 0 Å². The summed E-state index contributed by atoms with van der Waals surface area (Å²) in [6.07, 6.45) is 0. The van der Waals surface area contributed by atoms with Crippen LogP contribution in [0.5, 0.6) is 0 Å². The number of thiazole rings is 1. The number of rotatable bonds is 3. The van der Waals surface area contributed by atoms with E-state index in [2.05, 4.69) is 10.1 Å². The van der Waals surface area contributed by atoms with E-state index in [4.69, 9.17) is 0 Å². The van der Waals surface area contributed by atoms with E-state index in [9.17, 15) is 9.59 Å². The molecule has 0 bridgehead atoms. The van der Waals surface area contributed by atoms with Gasteiger partial charge in [0.25, 0.3) is 11.5 Å². The van der Waals surface area contributed by atoms with Gasteiger partial charge in [0.1, 0.15) is 5.01 Å². The van der Waals surface area contributed by atoms with Crippen LogP contribution in [0.1, 0.15) is 28.5 Å². The van der Waals surface area contributed by atoms with Gasteiger partial charge in [0.15, 0.2) is 5.69 Å². The summed E-state index contributed by atoms with van der Waals surface area (Å²) in [7, 11) is 3.29. The molecule has 4 rings (SSSR count). The topological polar surface area (TPSA) is 68.1 Å². The Hall–Kier alpha value is -3.06. The highest BCUT2D eigenvalue weighted by Gasteiger charge is 2.25. The van der Waals surface area contributed by atoms with E-state index in [1.807, 2.05) is 31.2 Å². The normalized spacial score (nSPS) is 12.4. The minimum Gasteiger partial charge on any atom is -0.331 e. The van der Waals surface area contributed by atoms with Crippen molar-refractivity contribution in [1.82, 2.24) is 19.7 Å². The summed E-state index contributed by atoms with van der Waals surface area (Å²) in [4.78, 5) is 31.7. The zero-order valence-corrected chi connectivity index (χ0v) is 16.0.